The zero-order chi connectivity index (χ0) is 14.7. The van der Waals surface area contributed by atoms with E-state index >= 15 is 0 Å². The summed E-state index contributed by atoms with van der Waals surface area (Å²) in [5, 5.41) is 0.350. The molecule has 106 valence electrons. The first-order valence-corrected chi connectivity index (χ1v) is 6.62. The summed E-state index contributed by atoms with van der Waals surface area (Å²) in [5.41, 5.74) is 3.51. The van der Waals surface area contributed by atoms with E-state index in [9.17, 15) is 8.78 Å². The van der Waals surface area contributed by atoms with Crippen LogP contribution in [-0.4, -0.2) is 0 Å². The summed E-state index contributed by atoms with van der Waals surface area (Å²) in [7, 11) is 0. The van der Waals surface area contributed by atoms with Gasteiger partial charge in [0.05, 0.1) is 11.1 Å². The molecule has 2 nitrogen and oxygen atoms in total. The molecule has 0 amide bonds. The number of benzene rings is 2. The molecule has 0 saturated heterocycles. The quantitative estimate of drug-likeness (QED) is 0.508. The fraction of sp³-hybridized carbons (Fsp3) is 0.143. The van der Waals surface area contributed by atoms with E-state index in [4.69, 9.17) is 29.0 Å². The molecule has 0 radical (unpaired) electrons. The Morgan fingerprint density at radius 1 is 1.05 bits per heavy atom. The summed E-state index contributed by atoms with van der Waals surface area (Å²) >= 11 is 11.3. The molecule has 0 bridgehead atoms. The number of hydrazine groups is 1. The highest BCUT2D eigenvalue weighted by atomic mass is 35.5. The second-order valence-electron chi connectivity index (χ2n) is 4.34. The van der Waals surface area contributed by atoms with Gasteiger partial charge in [-0.3, -0.25) is 11.3 Å². The van der Waals surface area contributed by atoms with Gasteiger partial charge >= 0.3 is 0 Å². The lowest BCUT2D eigenvalue weighted by atomic mass is 9.99. The minimum absolute atomic E-state index is 0.129. The Kier molecular flexibility index (Phi) is 4.94. The van der Waals surface area contributed by atoms with Crippen molar-refractivity contribution in [1.82, 2.24) is 5.43 Å². The third-order valence-electron chi connectivity index (χ3n) is 2.97. The van der Waals surface area contributed by atoms with Gasteiger partial charge in [-0.25, -0.2) is 8.78 Å². The first-order chi connectivity index (χ1) is 9.51. The van der Waals surface area contributed by atoms with Gasteiger partial charge in [0.25, 0.3) is 0 Å². The van der Waals surface area contributed by atoms with Gasteiger partial charge in [-0.1, -0.05) is 35.3 Å². The van der Waals surface area contributed by atoms with Crippen LogP contribution in [-0.2, 0) is 6.42 Å². The highest BCUT2D eigenvalue weighted by Crippen LogP contribution is 2.26. The topological polar surface area (TPSA) is 38.0 Å². The first-order valence-electron chi connectivity index (χ1n) is 5.86. The fourth-order valence-corrected chi connectivity index (χ4v) is 2.20. The molecular weight excluding hydrogens is 305 g/mol. The molecule has 0 heterocycles. The number of halogens is 4. The van der Waals surface area contributed by atoms with Gasteiger partial charge in [0.15, 0.2) is 0 Å². The van der Waals surface area contributed by atoms with Crippen LogP contribution in [0.3, 0.4) is 0 Å². The molecule has 2 aromatic rings. The number of hydrogen-bond donors (Lipinski definition) is 2. The molecule has 0 aliphatic carbocycles. The van der Waals surface area contributed by atoms with E-state index in [1.165, 1.54) is 0 Å². The summed E-state index contributed by atoms with van der Waals surface area (Å²) in [4.78, 5) is 0. The summed E-state index contributed by atoms with van der Waals surface area (Å²) in [5.74, 6) is 4.16. The zero-order valence-electron chi connectivity index (χ0n) is 10.3. The highest BCUT2D eigenvalue weighted by molar-refractivity contribution is 6.30. The van der Waals surface area contributed by atoms with Crippen LogP contribution >= 0.6 is 23.2 Å². The van der Waals surface area contributed by atoms with Gasteiger partial charge in [0.2, 0.25) is 0 Å². The molecule has 20 heavy (non-hydrogen) atoms. The van der Waals surface area contributed by atoms with Crippen molar-refractivity contribution in [1.29, 1.82) is 0 Å². The summed E-state index contributed by atoms with van der Waals surface area (Å²) < 4.78 is 27.3. The van der Waals surface area contributed by atoms with Crippen LogP contribution < -0.4 is 11.3 Å². The van der Waals surface area contributed by atoms with Crippen molar-refractivity contribution in [2.45, 2.75) is 12.5 Å². The van der Waals surface area contributed by atoms with Crippen LogP contribution in [0.15, 0.2) is 36.4 Å². The van der Waals surface area contributed by atoms with Crippen molar-refractivity contribution in [3.8, 4) is 0 Å². The van der Waals surface area contributed by atoms with E-state index in [2.05, 4.69) is 5.43 Å². The predicted octanol–water partition coefficient (Wildman–Crippen LogP) is 4.02. The van der Waals surface area contributed by atoms with E-state index in [0.29, 0.717) is 11.4 Å². The fourth-order valence-electron chi connectivity index (χ4n) is 1.92. The lowest BCUT2D eigenvalue weighted by Gasteiger charge is -2.17. The minimum atomic E-state index is -0.681. The van der Waals surface area contributed by atoms with Crippen LogP contribution in [0.25, 0.3) is 0 Å². The van der Waals surface area contributed by atoms with Gasteiger partial charge in [-0.2, -0.15) is 0 Å². The molecule has 0 aliphatic rings. The van der Waals surface area contributed by atoms with E-state index < -0.39 is 17.7 Å². The van der Waals surface area contributed by atoms with E-state index in [1.807, 2.05) is 0 Å². The van der Waals surface area contributed by atoms with Gasteiger partial charge in [0, 0.05) is 10.6 Å². The first kappa shape index (κ1) is 15.2. The van der Waals surface area contributed by atoms with Gasteiger partial charge in [-0.05, 0) is 36.2 Å². The Balaban J connectivity index is 2.28. The molecule has 1 atom stereocenters. The Hall–Kier alpha value is -1.20. The number of hydrogen-bond acceptors (Lipinski definition) is 2. The van der Waals surface area contributed by atoms with Crippen LogP contribution in [0.1, 0.15) is 17.2 Å². The highest BCUT2D eigenvalue weighted by Gasteiger charge is 2.17. The average molecular weight is 317 g/mol. The zero-order valence-corrected chi connectivity index (χ0v) is 11.8. The van der Waals surface area contributed by atoms with E-state index in [0.717, 1.165) is 17.7 Å². The summed E-state index contributed by atoms with van der Waals surface area (Å²) in [6.45, 7) is 0. The van der Waals surface area contributed by atoms with Gasteiger partial charge in [0.1, 0.15) is 11.6 Å². The third-order valence-corrected chi connectivity index (χ3v) is 3.51. The lowest BCUT2D eigenvalue weighted by molar-refractivity contribution is 0.502. The second-order valence-corrected chi connectivity index (χ2v) is 5.18. The van der Waals surface area contributed by atoms with Crippen molar-refractivity contribution in [2.24, 2.45) is 5.84 Å². The molecule has 0 aliphatic heterocycles. The lowest BCUT2D eigenvalue weighted by Crippen LogP contribution is -2.30. The molecule has 2 aromatic carbocycles. The van der Waals surface area contributed by atoms with Gasteiger partial charge in [-0.15, -0.1) is 0 Å². The second kappa shape index (κ2) is 6.50. The standard InChI is InChI=1S/C14H12Cl2F2N2/c15-9-3-1-8(2-4-9)5-14(20-19)10-6-13(18)11(16)7-12(10)17/h1-4,6-7,14,20H,5,19H2. The molecular formula is C14H12Cl2F2N2. The normalized spacial score (nSPS) is 12.4. The number of nitrogens with two attached hydrogens (primary N) is 1. The van der Waals surface area contributed by atoms with Gasteiger partial charge < -0.3 is 0 Å². The van der Waals surface area contributed by atoms with Crippen molar-refractivity contribution < 1.29 is 8.78 Å². The predicted molar refractivity (Wildman–Crippen MR) is 76.6 cm³/mol. The molecule has 2 rings (SSSR count). The maximum atomic E-state index is 13.9. The summed E-state index contributed by atoms with van der Waals surface area (Å²) in [6, 6.07) is 8.49. The number of rotatable bonds is 4. The summed E-state index contributed by atoms with van der Waals surface area (Å²) in [6.07, 6.45) is 0.395. The van der Waals surface area contributed by atoms with Crippen LogP contribution in [0.4, 0.5) is 8.78 Å². The third kappa shape index (κ3) is 3.46. The molecule has 0 aromatic heterocycles. The molecule has 1 unspecified atom stereocenters. The smallest absolute Gasteiger partial charge is 0.142 e. The maximum absolute atomic E-state index is 13.9. The molecule has 0 saturated carbocycles. The number of nitrogens with one attached hydrogen (secondary N) is 1. The SMILES string of the molecule is NNC(Cc1ccc(Cl)cc1)c1cc(F)c(Cl)cc1F. The van der Waals surface area contributed by atoms with Crippen molar-refractivity contribution >= 4 is 23.2 Å². The monoisotopic (exact) mass is 316 g/mol. The van der Waals surface area contributed by atoms with Crippen LogP contribution in [0, 0.1) is 11.6 Å². The Morgan fingerprint density at radius 2 is 1.70 bits per heavy atom. The van der Waals surface area contributed by atoms with Crippen LogP contribution in [0.5, 0.6) is 0 Å². The Bertz CT molecular complexity index is 603. The Labute approximate surface area is 125 Å². The molecule has 6 heteroatoms. The maximum Gasteiger partial charge on any atom is 0.142 e. The van der Waals surface area contributed by atoms with Crippen molar-refractivity contribution in [2.75, 3.05) is 0 Å². The van der Waals surface area contributed by atoms with Crippen molar-refractivity contribution in [3.05, 3.63) is 69.2 Å². The molecule has 0 fully saturated rings. The molecule has 3 N–H and O–H groups in total. The van der Waals surface area contributed by atoms with E-state index in [1.54, 1.807) is 24.3 Å². The van der Waals surface area contributed by atoms with Crippen LogP contribution in [0.2, 0.25) is 10.0 Å². The largest absolute Gasteiger partial charge is 0.271 e. The van der Waals surface area contributed by atoms with E-state index in [-0.39, 0.29) is 10.6 Å². The minimum Gasteiger partial charge on any atom is -0.271 e. The van der Waals surface area contributed by atoms with Crippen molar-refractivity contribution in [3.63, 3.8) is 0 Å². The molecule has 0 spiro atoms. The Morgan fingerprint density at radius 3 is 2.30 bits per heavy atom. The average Bonchev–Trinajstić information content (AvgIpc) is 2.43.